The molecule has 7 heteroatoms. The molecule has 0 atom stereocenters. The Kier molecular flexibility index (Phi) is 7.15. The lowest BCUT2D eigenvalue weighted by Gasteiger charge is -2.17. The molecule has 0 unspecified atom stereocenters. The van der Waals surface area contributed by atoms with Gasteiger partial charge in [-0.05, 0) is 69.7 Å². The summed E-state index contributed by atoms with van der Waals surface area (Å²) >= 11 is 3.46. The zero-order valence-corrected chi connectivity index (χ0v) is 19.6. The Bertz CT molecular complexity index is 989. The predicted molar refractivity (Wildman–Crippen MR) is 126 cm³/mol. The van der Waals surface area contributed by atoms with E-state index in [0.717, 1.165) is 58.7 Å². The van der Waals surface area contributed by atoms with E-state index in [1.807, 2.05) is 38.1 Å². The standard InChI is InChI=1S/C23H29BrN4O2/c1-5-28(6-2)11-7-10-25-23(30)21-14(3)20(26-15(21)4)13-18-17-12-16(24)8-9-19(17)27-22(18)29/h8-9,12-13,26H,5-7,10-11H2,1-4H3,(H,25,30)(H,27,29)/b18-13-. The number of benzene rings is 1. The molecule has 0 fully saturated rings. The maximum absolute atomic E-state index is 12.8. The van der Waals surface area contributed by atoms with Gasteiger partial charge in [-0.15, -0.1) is 0 Å². The molecule has 0 spiro atoms. The number of aryl methyl sites for hydroxylation is 1. The van der Waals surface area contributed by atoms with Crippen LogP contribution < -0.4 is 10.6 Å². The fourth-order valence-electron chi connectivity index (χ4n) is 3.84. The average molecular weight is 473 g/mol. The van der Waals surface area contributed by atoms with Gasteiger partial charge >= 0.3 is 0 Å². The normalized spacial score (nSPS) is 14.3. The number of nitrogens with zero attached hydrogens (tertiary/aromatic N) is 1. The van der Waals surface area contributed by atoms with E-state index in [2.05, 4.69) is 50.3 Å². The second-order valence-electron chi connectivity index (χ2n) is 7.50. The second-order valence-corrected chi connectivity index (χ2v) is 8.42. The summed E-state index contributed by atoms with van der Waals surface area (Å²) in [5.41, 5.74) is 5.30. The van der Waals surface area contributed by atoms with Gasteiger partial charge in [0.2, 0.25) is 0 Å². The lowest BCUT2D eigenvalue weighted by Crippen LogP contribution is -2.30. The molecule has 0 bridgehead atoms. The first-order chi connectivity index (χ1) is 14.3. The van der Waals surface area contributed by atoms with Crippen LogP contribution in [0.1, 0.15) is 53.1 Å². The Morgan fingerprint density at radius 3 is 2.67 bits per heavy atom. The van der Waals surface area contributed by atoms with Crippen LogP contribution in [0.3, 0.4) is 0 Å². The number of aromatic nitrogens is 1. The SMILES string of the molecule is CCN(CC)CCCNC(=O)c1c(C)[nH]c(/C=C2\C(=O)Nc3ccc(Br)cc32)c1C. The average Bonchev–Trinajstić information content (AvgIpc) is 3.17. The highest BCUT2D eigenvalue weighted by Crippen LogP contribution is 2.35. The summed E-state index contributed by atoms with van der Waals surface area (Å²) < 4.78 is 0.910. The molecule has 1 aromatic heterocycles. The molecule has 3 rings (SSSR count). The van der Waals surface area contributed by atoms with E-state index in [9.17, 15) is 9.59 Å². The molecule has 160 valence electrons. The van der Waals surface area contributed by atoms with Crippen molar-refractivity contribution in [1.82, 2.24) is 15.2 Å². The summed E-state index contributed by atoms with van der Waals surface area (Å²) in [6.07, 6.45) is 2.74. The first-order valence-electron chi connectivity index (χ1n) is 10.4. The van der Waals surface area contributed by atoms with Crippen molar-refractivity contribution in [3.63, 3.8) is 0 Å². The fourth-order valence-corrected chi connectivity index (χ4v) is 4.20. The van der Waals surface area contributed by atoms with Crippen molar-refractivity contribution < 1.29 is 9.59 Å². The zero-order valence-electron chi connectivity index (χ0n) is 18.0. The smallest absolute Gasteiger partial charge is 0.256 e. The van der Waals surface area contributed by atoms with Crippen molar-refractivity contribution >= 4 is 45.1 Å². The second kappa shape index (κ2) is 9.62. The van der Waals surface area contributed by atoms with Crippen LogP contribution >= 0.6 is 15.9 Å². The van der Waals surface area contributed by atoms with E-state index in [1.165, 1.54) is 0 Å². The number of anilines is 1. The van der Waals surface area contributed by atoms with E-state index in [0.29, 0.717) is 17.7 Å². The summed E-state index contributed by atoms with van der Waals surface area (Å²) in [5, 5.41) is 5.92. The molecular formula is C23H29BrN4O2. The van der Waals surface area contributed by atoms with Crippen LogP contribution in [-0.2, 0) is 4.79 Å². The van der Waals surface area contributed by atoms with E-state index < -0.39 is 0 Å². The highest BCUT2D eigenvalue weighted by molar-refractivity contribution is 9.10. The minimum absolute atomic E-state index is 0.0792. The lowest BCUT2D eigenvalue weighted by molar-refractivity contribution is -0.110. The van der Waals surface area contributed by atoms with Gasteiger partial charge in [0, 0.05) is 33.7 Å². The molecule has 2 amide bonds. The Morgan fingerprint density at radius 2 is 1.97 bits per heavy atom. The van der Waals surface area contributed by atoms with Crippen molar-refractivity contribution in [3.05, 3.63) is 50.8 Å². The third-order valence-corrected chi connectivity index (χ3v) is 6.08. The molecule has 0 aliphatic carbocycles. The molecular weight excluding hydrogens is 444 g/mol. The number of fused-ring (bicyclic) bond motifs is 1. The van der Waals surface area contributed by atoms with Crippen molar-refractivity contribution in [2.75, 3.05) is 31.5 Å². The Morgan fingerprint density at radius 1 is 1.23 bits per heavy atom. The molecule has 0 saturated heterocycles. The number of rotatable bonds is 8. The minimum Gasteiger partial charge on any atom is -0.358 e. The fraction of sp³-hybridized carbons (Fsp3) is 0.391. The minimum atomic E-state index is -0.142. The van der Waals surface area contributed by atoms with Crippen LogP contribution in [0.4, 0.5) is 5.69 Å². The molecule has 1 aliphatic rings. The molecule has 3 N–H and O–H groups in total. The van der Waals surface area contributed by atoms with Crippen molar-refractivity contribution in [2.24, 2.45) is 0 Å². The third kappa shape index (κ3) is 4.68. The number of nitrogens with one attached hydrogen (secondary N) is 3. The van der Waals surface area contributed by atoms with Crippen LogP contribution in [0.2, 0.25) is 0 Å². The number of carbonyl (C=O) groups excluding carboxylic acids is 2. The lowest BCUT2D eigenvalue weighted by atomic mass is 10.0. The first-order valence-corrected chi connectivity index (χ1v) is 11.2. The van der Waals surface area contributed by atoms with Crippen LogP contribution in [0.5, 0.6) is 0 Å². The molecule has 1 aromatic carbocycles. The van der Waals surface area contributed by atoms with E-state index in [-0.39, 0.29) is 11.8 Å². The number of halogens is 1. The van der Waals surface area contributed by atoms with Gasteiger partial charge in [0.15, 0.2) is 0 Å². The molecule has 0 saturated carbocycles. The number of hydrogen-bond acceptors (Lipinski definition) is 3. The quantitative estimate of drug-likeness (QED) is 0.394. The summed E-state index contributed by atoms with van der Waals surface area (Å²) in [6.45, 7) is 11.7. The highest BCUT2D eigenvalue weighted by atomic mass is 79.9. The van der Waals surface area contributed by atoms with E-state index in [4.69, 9.17) is 0 Å². The van der Waals surface area contributed by atoms with E-state index in [1.54, 1.807) is 0 Å². The van der Waals surface area contributed by atoms with Crippen molar-refractivity contribution in [2.45, 2.75) is 34.1 Å². The van der Waals surface area contributed by atoms with Gasteiger partial charge in [0.05, 0.1) is 11.1 Å². The van der Waals surface area contributed by atoms with Crippen LogP contribution in [0.15, 0.2) is 22.7 Å². The van der Waals surface area contributed by atoms with Gasteiger partial charge in [-0.2, -0.15) is 0 Å². The number of carbonyl (C=O) groups is 2. The Hall–Kier alpha value is -2.38. The van der Waals surface area contributed by atoms with E-state index >= 15 is 0 Å². The molecule has 30 heavy (non-hydrogen) atoms. The first kappa shape index (κ1) is 22.3. The largest absolute Gasteiger partial charge is 0.358 e. The van der Waals surface area contributed by atoms with Crippen LogP contribution in [0, 0.1) is 13.8 Å². The van der Waals surface area contributed by atoms with Gasteiger partial charge in [-0.25, -0.2) is 0 Å². The van der Waals surface area contributed by atoms with Gasteiger partial charge in [0.1, 0.15) is 0 Å². The highest BCUT2D eigenvalue weighted by Gasteiger charge is 2.25. The topological polar surface area (TPSA) is 77.2 Å². The zero-order chi connectivity index (χ0) is 21.8. The molecule has 2 aromatic rings. The van der Waals surface area contributed by atoms with Crippen LogP contribution in [-0.4, -0.2) is 47.9 Å². The monoisotopic (exact) mass is 472 g/mol. The maximum atomic E-state index is 12.8. The van der Waals surface area contributed by atoms with Gasteiger partial charge in [-0.1, -0.05) is 29.8 Å². The number of amides is 2. The van der Waals surface area contributed by atoms with Gasteiger partial charge in [-0.3, -0.25) is 9.59 Å². The molecule has 1 aliphatic heterocycles. The van der Waals surface area contributed by atoms with Gasteiger partial charge < -0.3 is 20.5 Å². The van der Waals surface area contributed by atoms with Crippen molar-refractivity contribution in [3.8, 4) is 0 Å². The predicted octanol–water partition coefficient (Wildman–Crippen LogP) is 4.35. The van der Waals surface area contributed by atoms with Crippen LogP contribution in [0.25, 0.3) is 11.6 Å². The number of hydrogen-bond donors (Lipinski definition) is 3. The Labute approximate surface area is 186 Å². The molecule has 2 heterocycles. The Balaban J connectivity index is 1.76. The molecule has 6 nitrogen and oxygen atoms in total. The van der Waals surface area contributed by atoms with Crippen molar-refractivity contribution in [1.29, 1.82) is 0 Å². The number of aromatic amines is 1. The maximum Gasteiger partial charge on any atom is 0.256 e. The van der Waals surface area contributed by atoms with Gasteiger partial charge in [0.25, 0.3) is 11.8 Å². The third-order valence-electron chi connectivity index (χ3n) is 5.59. The summed E-state index contributed by atoms with van der Waals surface area (Å²) in [6, 6.07) is 5.70. The summed E-state index contributed by atoms with van der Waals surface area (Å²) in [4.78, 5) is 30.9. The summed E-state index contributed by atoms with van der Waals surface area (Å²) in [5.74, 6) is -0.221. The summed E-state index contributed by atoms with van der Waals surface area (Å²) in [7, 11) is 0. The molecule has 0 radical (unpaired) electrons. The number of H-pyrrole nitrogens is 1.